The Bertz CT molecular complexity index is 552. The lowest BCUT2D eigenvalue weighted by atomic mass is 10.2. The van der Waals surface area contributed by atoms with Gasteiger partial charge in [-0.25, -0.2) is 14.8 Å². The molecule has 2 heterocycles. The Morgan fingerprint density at radius 1 is 1.50 bits per heavy atom. The van der Waals surface area contributed by atoms with E-state index in [1.165, 1.54) is 6.33 Å². The third-order valence-electron chi connectivity index (χ3n) is 2.09. The van der Waals surface area contributed by atoms with Gasteiger partial charge in [-0.2, -0.15) is 0 Å². The number of hydrogen-bond acceptors (Lipinski definition) is 5. The molecule has 2 aromatic heterocycles. The summed E-state index contributed by atoms with van der Waals surface area (Å²) in [6.45, 7) is 0. The lowest BCUT2D eigenvalue weighted by Gasteiger charge is -1.99. The van der Waals surface area contributed by atoms with Crippen LogP contribution in [0.25, 0.3) is 6.08 Å². The number of rotatable bonds is 5. The van der Waals surface area contributed by atoms with Crippen LogP contribution in [-0.2, 0) is 10.5 Å². The molecular formula is C12H10N2O2S2. The van der Waals surface area contributed by atoms with Crippen LogP contribution in [-0.4, -0.2) is 21.0 Å². The van der Waals surface area contributed by atoms with Gasteiger partial charge in [0, 0.05) is 22.9 Å². The molecule has 0 aromatic carbocycles. The molecule has 4 nitrogen and oxygen atoms in total. The summed E-state index contributed by atoms with van der Waals surface area (Å²) in [4.78, 5) is 19.6. The molecule has 2 aromatic rings. The van der Waals surface area contributed by atoms with Crippen molar-refractivity contribution in [1.82, 2.24) is 9.97 Å². The normalized spacial score (nSPS) is 10.9. The summed E-state index contributed by atoms with van der Waals surface area (Å²) in [5, 5.41) is 11.5. The molecule has 6 heteroatoms. The zero-order chi connectivity index (χ0) is 12.8. The highest BCUT2D eigenvalue weighted by Gasteiger charge is 2.03. The van der Waals surface area contributed by atoms with Crippen molar-refractivity contribution in [3.8, 4) is 0 Å². The predicted octanol–water partition coefficient (Wildman–Crippen LogP) is 2.93. The molecule has 0 unspecified atom stereocenters. The highest BCUT2D eigenvalue weighted by Crippen LogP contribution is 2.27. The minimum Gasteiger partial charge on any atom is -0.478 e. The average molecular weight is 278 g/mol. The fourth-order valence-corrected chi connectivity index (χ4v) is 3.11. The fraction of sp³-hybridized carbons (Fsp3) is 0.0833. The molecule has 0 saturated carbocycles. The first-order valence-corrected chi connectivity index (χ1v) is 6.98. The molecule has 0 fully saturated rings. The molecule has 0 radical (unpaired) electrons. The van der Waals surface area contributed by atoms with Crippen LogP contribution in [0.3, 0.4) is 0 Å². The number of carboxylic acids is 1. The number of hydrogen-bond donors (Lipinski definition) is 1. The van der Waals surface area contributed by atoms with E-state index in [0.29, 0.717) is 0 Å². The van der Waals surface area contributed by atoms with Crippen LogP contribution in [0.2, 0.25) is 0 Å². The van der Waals surface area contributed by atoms with E-state index in [1.54, 1.807) is 35.4 Å². The predicted molar refractivity (Wildman–Crippen MR) is 72.6 cm³/mol. The summed E-state index contributed by atoms with van der Waals surface area (Å²) in [5.74, 6) is -0.163. The zero-order valence-corrected chi connectivity index (χ0v) is 10.9. The Labute approximate surface area is 112 Å². The summed E-state index contributed by atoms with van der Waals surface area (Å²) >= 11 is 3.22. The molecule has 0 aliphatic heterocycles. The minimum absolute atomic E-state index is 0.772. The van der Waals surface area contributed by atoms with Crippen LogP contribution < -0.4 is 0 Å². The van der Waals surface area contributed by atoms with Gasteiger partial charge in [0.15, 0.2) is 0 Å². The molecule has 0 spiro atoms. The van der Waals surface area contributed by atoms with Gasteiger partial charge in [-0.15, -0.1) is 23.1 Å². The standard InChI is InChI=1S/C12H10N2O2S2/c15-12(16)2-1-9-4-6-17-10(9)7-18-11-3-5-13-8-14-11/h1-6,8H,7H2,(H,15,16). The Morgan fingerprint density at radius 2 is 2.39 bits per heavy atom. The summed E-state index contributed by atoms with van der Waals surface area (Å²) in [6, 6.07) is 3.77. The van der Waals surface area contributed by atoms with Crippen molar-refractivity contribution < 1.29 is 9.90 Å². The number of thiophene rings is 1. The second kappa shape index (κ2) is 6.32. The molecular weight excluding hydrogens is 268 g/mol. The van der Waals surface area contributed by atoms with Gasteiger partial charge in [0.2, 0.25) is 0 Å². The zero-order valence-electron chi connectivity index (χ0n) is 9.31. The number of aliphatic carboxylic acids is 1. The maximum atomic E-state index is 10.5. The molecule has 1 N–H and O–H groups in total. The topological polar surface area (TPSA) is 63.1 Å². The average Bonchev–Trinajstić information content (AvgIpc) is 2.82. The Kier molecular flexibility index (Phi) is 4.49. The van der Waals surface area contributed by atoms with Gasteiger partial charge >= 0.3 is 5.97 Å². The summed E-state index contributed by atoms with van der Waals surface area (Å²) in [5.41, 5.74) is 0.948. The van der Waals surface area contributed by atoms with E-state index in [2.05, 4.69) is 9.97 Å². The number of aromatic nitrogens is 2. The van der Waals surface area contributed by atoms with Crippen LogP contribution in [0.15, 0.2) is 41.1 Å². The molecule has 0 saturated heterocycles. The van der Waals surface area contributed by atoms with Gasteiger partial charge < -0.3 is 5.11 Å². The highest BCUT2D eigenvalue weighted by molar-refractivity contribution is 7.98. The first kappa shape index (κ1) is 12.8. The number of carboxylic acid groups (broad SMARTS) is 1. The maximum Gasteiger partial charge on any atom is 0.328 e. The van der Waals surface area contributed by atoms with Crippen molar-refractivity contribution in [3.63, 3.8) is 0 Å². The third kappa shape index (κ3) is 3.68. The second-order valence-corrected chi connectivity index (χ2v) is 5.30. The van der Waals surface area contributed by atoms with Gasteiger partial charge in [0.25, 0.3) is 0 Å². The van der Waals surface area contributed by atoms with E-state index in [1.807, 2.05) is 17.5 Å². The number of nitrogens with zero attached hydrogens (tertiary/aromatic N) is 2. The minimum atomic E-state index is -0.935. The van der Waals surface area contributed by atoms with E-state index >= 15 is 0 Å². The monoisotopic (exact) mass is 278 g/mol. The van der Waals surface area contributed by atoms with E-state index in [0.717, 1.165) is 27.3 Å². The van der Waals surface area contributed by atoms with Gasteiger partial charge in [-0.1, -0.05) is 0 Å². The van der Waals surface area contributed by atoms with Crippen molar-refractivity contribution in [2.45, 2.75) is 10.8 Å². The SMILES string of the molecule is O=C(O)C=Cc1ccsc1CSc1ccncn1. The molecule has 0 aliphatic carbocycles. The van der Waals surface area contributed by atoms with Crippen LogP contribution in [0, 0.1) is 0 Å². The first-order chi connectivity index (χ1) is 8.75. The van der Waals surface area contributed by atoms with E-state index in [4.69, 9.17) is 5.11 Å². The van der Waals surface area contributed by atoms with Crippen LogP contribution in [0.4, 0.5) is 0 Å². The molecule has 2 rings (SSSR count). The van der Waals surface area contributed by atoms with Crippen molar-refractivity contribution in [1.29, 1.82) is 0 Å². The highest BCUT2D eigenvalue weighted by atomic mass is 32.2. The molecule has 0 amide bonds. The van der Waals surface area contributed by atoms with E-state index in [-0.39, 0.29) is 0 Å². The summed E-state index contributed by atoms with van der Waals surface area (Å²) < 4.78 is 0. The maximum absolute atomic E-state index is 10.5. The Hall–Kier alpha value is -1.66. The van der Waals surface area contributed by atoms with Gasteiger partial charge in [0.05, 0.1) is 5.03 Å². The van der Waals surface area contributed by atoms with E-state index in [9.17, 15) is 4.79 Å². The van der Waals surface area contributed by atoms with Crippen LogP contribution in [0.5, 0.6) is 0 Å². The van der Waals surface area contributed by atoms with Crippen molar-refractivity contribution in [2.75, 3.05) is 0 Å². The third-order valence-corrected chi connectivity index (χ3v) is 4.18. The van der Waals surface area contributed by atoms with Crippen LogP contribution in [0.1, 0.15) is 10.4 Å². The summed E-state index contributed by atoms with van der Waals surface area (Å²) in [7, 11) is 0. The van der Waals surface area contributed by atoms with Gasteiger partial charge in [-0.3, -0.25) is 0 Å². The fourth-order valence-electron chi connectivity index (χ4n) is 1.28. The number of carbonyl (C=O) groups is 1. The Balaban J connectivity index is 2.02. The van der Waals surface area contributed by atoms with Gasteiger partial charge in [-0.05, 0) is 29.2 Å². The lowest BCUT2D eigenvalue weighted by Crippen LogP contribution is -1.86. The summed E-state index contributed by atoms with van der Waals surface area (Å²) in [6.07, 6.45) is 5.99. The Morgan fingerprint density at radius 3 is 3.11 bits per heavy atom. The molecule has 0 aliphatic rings. The quantitative estimate of drug-likeness (QED) is 0.517. The van der Waals surface area contributed by atoms with Crippen LogP contribution >= 0.6 is 23.1 Å². The van der Waals surface area contributed by atoms with Crippen molar-refractivity contribution >= 4 is 35.1 Å². The lowest BCUT2D eigenvalue weighted by molar-refractivity contribution is -0.131. The molecule has 0 bridgehead atoms. The molecule has 92 valence electrons. The van der Waals surface area contributed by atoms with Crippen molar-refractivity contribution in [3.05, 3.63) is 46.6 Å². The van der Waals surface area contributed by atoms with Gasteiger partial charge in [0.1, 0.15) is 6.33 Å². The molecule has 0 atom stereocenters. The van der Waals surface area contributed by atoms with E-state index < -0.39 is 5.97 Å². The molecule has 18 heavy (non-hydrogen) atoms. The smallest absolute Gasteiger partial charge is 0.328 e. The van der Waals surface area contributed by atoms with Crippen molar-refractivity contribution in [2.24, 2.45) is 0 Å². The largest absolute Gasteiger partial charge is 0.478 e. The second-order valence-electron chi connectivity index (χ2n) is 3.31. The first-order valence-electron chi connectivity index (χ1n) is 5.12. The number of thioether (sulfide) groups is 1.